The van der Waals surface area contributed by atoms with Gasteiger partial charge >= 0.3 is 5.97 Å². The number of ether oxygens (including phenoxy) is 1. The van der Waals surface area contributed by atoms with Crippen molar-refractivity contribution in [2.24, 2.45) is 11.7 Å². The Labute approximate surface area is 241 Å². The van der Waals surface area contributed by atoms with Gasteiger partial charge in [-0.2, -0.15) is 0 Å². The van der Waals surface area contributed by atoms with Gasteiger partial charge in [-0.05, 0) is 60.1 Å². The van der Waals surface area contributed by atoms with E-state index >= 15 is 0 Å². The zero-order chi connectivity index (χ0) is 28.6. The van der Waals surface area contributed by atoms with Gasteiger partial charge in [-0.1, -0.05) is 79.9 Å². The smallest absolute Gasteiger partial charge is 0.326 e. The Bertz CT molecular complexity index is 1440. The number of hydrogen-bond acceptors (Lipinski definition) is 4. The molecule has 0 radical (unpaired) electrons. The maximum Gasteiger partial charge on any atom is 0.326 e. The van der Waals surface area contributed by atoms with Gasteiger partial charge in [0, 0.05) is 35.5 Å². The number of aliphatic carboxylic acids is 1. The third-order valence-corrected chi connectivity index (χ3v) is 8.18. The molecule has 7 nitrogen and oxygen atoms in total. The van der Waals surface area contributed by atoms with Crippen molar-refractivity contribution in [2.45, 2.75) is 70.1 Å². The van der Waals surface area contributed by atoms with Crippen molar-refractivity contribution in [1.29, 1.82) is 0 Å². The van der Waals surface area contributed by atoms with Crippen molar-refractivity contribution in [3.8, 4) is 5.75 Å². The van der Waals surface area contributed by atoms with Crippen molar-refractivity contribution in [3.05, 3.63) is 101 Å². The molecule has 0 bridgehead atoms. The van der Waals surface area contributed by atoms with Crippen LogP contribution in [-0.4, -0.2) is 28.0 Å². The predicted octanol–water partition coefficient (Wildman–Crippen LogP) is 6.07. The molecule has 5 rings (SSSR count). The van der Waals surface area contributed by atoms with Crippen molar-refractivity contribution in [1.82, 2.24) is 10.3 Å². The second kappa shape index (κ2) is 13.5. The van der Waals surface area contributed by atoms with Crippen LogP contribution >= 0.6 is 0 Å². The number of aromatic nitrogens is 1. The number of carboxylic acids is 1. The van der Waals surface area contributed by atoms with Crippen LogP contribution in [0.25, 0.3) is 10.9 Å². The van der Waals surface area contributed by atoms with E-state index in [0.717, 1.165) is 46.1 Å². The Morgan fingerprint density at radius 1 is 0.927 bits per heavy atom. The lowest BCUT2D eigenvalue weighted by Gasteiger charge is -2.27. The molecule has 41 heavy (non-hydrogen) atoms. The summed E-state index contributed by atoms with van der Waals surface area (Å²) in [5.41, 5.74) is 11.8. The molecule has 1 unspecified atom stereocenters. The standard InChI is InChI=1S/C34H39N3O4/c35-32(25-11-5-2-6-12-25)33-28(27-13-7-8-14-29(27)37-33)19-20-31(38)36-30(34(39)40)21-23-15-17-26(18-16-23)41-22-24-9-3-1-4-10-24/h1,3-4,7-10,13-18,25,30,32,37H,2,5-6,11-12,19-22,35H2,(H,36,38)(H,39,40)/t30?,32-/m1/s1. The molecule has 1 aromatic heterocycles. The number of nitrogens with one attached hydrogen (secondary N) is 2. The summed E-state index contributed by atoms with van der Waals surface area (Å²) in [6.07, 6.45) is 6.78. The summed E-state index contributed by atoms with van der Waals surface area (Å²) in [7, 11) is 0. The van der Waals surface area contributed by atoms with Crippen LogP contribution < -0.4 is 15.8 Å². The molecule has 1 amide bonds. The lowest BCUT2D eigenvalue weighted by molar-refractivity contribution is -0.141. The molecule has 214 valence electrons. The SMILES string of the molecule is N[C@@H](c1[nH]c2ccccc2c1CCC(=O)NC(Cc1ccc(OCc2ccccc2)cc1)C(=O)O)C1CCCCC1. The maximum atomic E-state index is 13.0. The van der Waals surface area contributed by atoms with Crippen molar-refractivity contribution < 1.29 is 19.4 Å². The highest BCUT2D eigenvalue weighted by Crippen LogP contribution is 2.36. The average Bonchev–Trinajstić information content (AvgIpc) is 3.38. The van der Waals surface area contributed by atoms with Crippen molar-refractivity contribution in [2.75, 3.05) is 0 Å². The quantitative estimate of drug-likeness (QED) is 0.170. The topological polar surface area (TPSA) is 117 Å². The number of hydrogen-bond donors (Lipinski definition) is 4. The maximum absolute atomic E-state index is 13.0. The number of fused-ring (bicyclic) bond motifs is 1. The van der Waals surface area contributed by atoms with Crippen molar-refractivity contribution >= 4 is 22.8 Å². The van der Waals surface area contributed by atoms with E-state index in [9.17, 15) is 14.7 Å². The van der Waals surface area contributed by atoms with Crippen LogP contribution in [0.4, 0.5) is 0 Å². The second-order valence-electron chi connectivity index (χ2n) is 11.1. The van der Waals surface area contributed by atoms with Gasteiger partial charge in [0.15, 0.2) is 0 Å². The van der Waals surface area contributed by atoms with Gasteiger partial charge in [-0.3, -0.25) is 4.79 Å². The third kappa shape index (κ3) is 7.35. The van der Waals surface area contributed by atoms with E-state index < -0.39 is 12.0 Å². The molecule has 2 atom stereocenters. The number of nitrogens with two attached hydrogens (primary N) is 1. The molecule has 1 heterocycles. The summed E-state index contributed by atoms with van der Waals surface area (Å²) in [6, 6.07) is 24.2. The van der Waals surface area contributed by atoms with Crippen LogP contribution in [0.15, 0.2) is 78.9 Å². The lowest BCUT2D eigenvalue weighted by Crippen LogP contribution is -2.42. The molecule has 5 N–H and O–H groups in total. The molecule has 4 aromatic rings. The molecule has 1 saturated carbocycles. The number of carbonyl (C=O) groups excluding carboxylic acids is 1. The van der Waals surface area contributed by atoms with E-state index in [0.29, 0.717) is 24.7 Å². The minimum absolute atomic E-state index is 0.104. The molecular formula is C34H39N3O4. The summed E-state index contributed by atoms with van der Waals surface area (Å²) in [5, 5.41) is 13.7. The zero-order valence-electron chi connectivity index (χ0n) is 23.4. The van der Waals surface area contributed by atoms with Crippen LogP contribution in [0.1, 0.15) is 67.0 Å². The molecule has 1 fully saturated rings. The normalized spacial score (nSPS) is 15.3. The number of aromatic amines is 1. The highest BCUT2D eigenvalue weighted by Gasteiger charge is 2.27. The highest BCUT2D eigenvalue weighted by atomic mass is 16.5. The molecule has 0 saturated heterocycles. The van der Waals surface area contributed by atoms with Gasteiger partial charge in [0.05, 0.1) is 0 Å². The fraction of sp³-hybridized carbons (Fsp3) is 0.353. The fourth-order valence-corrected chi connectivity index (χ4v) is 5.91. The van der Waals surface area contributed by atoms with Gasteiger partial charge < -0.3 is 25.9 Å². The molecule has 7 heteroatoms. The number of amides is 1. The Kier molecular flexibility index (Phi) is 9.36. The average molecular weight is 554 g/mol. The fourth-order valence-electron chi connectivity index (χ4n) is 5.91. The summed E-state index contributed by atoms with van der Waals surface area (Å²) < 4.78 is 5.83. The predicted molar refractivity (Wildman–Crippen MR) is 161 cm³/mol. The molecule has 0 aliphatic heterocycles. The first-order valence-corrected chi connectivity index (χ1v) is 14.6. The van der Waals surface area contributed by atoms with E-state index in [1.165, 1.54) is 19.3 Å². The summed E-state index contributed by atoms with van der Waals surface area (Å²) in [4.78, 5) is 28.6. The number of carboxylic acid groups (broad SMARTS) is 1. The van der Waals surface area contributed by atoms with Crippen LogP contribution in [-0.2, 0) is 29.0 Å². The van der Waals surface area contributed by atoms with Crippen LogP contribution in [0, 0.1) is 5.92 Å². The van der Waals surface area contributed by atoms with Crippen LogP contribution in [0.2, 0.25) is 0 Å². The Balaban J connectivity index is 1.20. The first-order chi connectivity index (χ1) is 20.0. The molecule has 1 aliphatic carbocycles. The highest BCUT2D eigenvalue weighted by molar-refractivity contribution is 5.87. The Hall–Kier alpha value is -4.10. The lowest BCUT2D eigenvalue weighted by atomic mass is 9.82. The minimum atomic E-state index is -1.06. The number of aryl methyl sites for hydroxylation is 1. The third-order valence-electron chi connectivity index (χ3n) is 8.18. The van der Waals surface area contributed by atoms with Gasteiger partial charge in [-0.15, -0.1) is 0 Å². The molecular weight excluding hydrogens is 514 g/mol. The van der Waals surface area contributed by atoms with E-state index in [2.05, 4.69) is 16.4 Å². The second-order valence-corrected chi connectivity index (χ2v) is 11.1. The number of para-hydroxylation sites is 1. The Morgan fingerprint density at radius 2 is 1.63 bits per heavy atom. The van der Waals surface area contributed by atoms with Crippen LogP contribution in [0.3, 0.4) is 0 Å². The number of carbonyl (C=O) groups is 2. The number of benzene rings is 3. The number of H-pyrrole nitrogens is 1. The summed E-state index contributed by atoms with van der Waals surface area (Å²) in [5.74, 6) is -0.220. The molecule has 0 spiro atoms. The summed E-state index contributed by atoms with van der Waals surface area (Å²) >= 11 is 0. The van der Waals surface area contributed by atoms with Gasteiger partial charge in [0.1, 0.15) is 18.4 Å². The minimum Gasteiger partial charge on any atom is -0.489 e. The first-order valence-electron chi connectivity index (χ1n) is 14.6. The van der Waals surface area contributed by atoms with Gasteiger partial charge in [0.25, 0.3) is 0 Å². The zero-order valence-corrected chi connectivity index (χ0v) is 23.4. The van der Waals surface area contributed by atoms with Crippen LogP contribution in [0.5, 0.6) is 5.75 Å². The van der Waals surface area contributed by atoms with Gasteiger partial charge in [-0.25, -0.2) is 4.79 Å². The largest absolute Gasteiger partial charge is 0.489 e. The first kappa shape index (κ1) is 28.4. The molecule has 3 aromatic carbocycles. The number of rotatable bonds is 12. The van der Waals surface area contributed by atoms with E-state index in [4.69, 9.17) is 10.5 Å². The molecule has 1 aliphatic rings. The van der Waals surface area contributed by atoms with E-state index in [1.54, 1.807) is 0 Å². The van der Waals surface area contributed by atoms with Gasteiger partial charge in [0.2, 0.25) is 5.91 Å². The monoisotopic (exact) mass is 553 g/mol. The van der Waals surface area contributed by atoms with E-state index in [1.807, 2.05) is 72.8 Å². The Morgan fingerprint density at radius 3 is 2.37 bits per heavy atom. The summed E-state index contributed by atoms with van der Waals surface area (Å²) in [6.45, 7) is 0.456. The van der Waals surface area contributed by atoms with Crippen molar-refractivity contribution in [3.63, 3.8) is 0 Å². The van der Waals surface area contributed by atoms with E-state index in [-0.39, 0.29) is 24.8 Å².